The highest BCUT2D eigenvalue weighted by Crippen LogP contribution is 2.19. The van der Waals surface area contributed by atoms with Crippen LogP contribution in [-0.4, -0.2) is 35.2 Å². The van der Waals surface area contributed by atoms with Crippen LogP contribution in [0.3, 0.4) is 0 Å². The summed E-state index contributed by atoms with van der Waals surface area (Å²) in [6.45, 7) is 4.91. The second-order valence-corrected chi connectivity index (χ2v) is 4.97. The van der Waals surface area contributed by atoms with Crippen molar-refractivity contribution < 1.29 is 19.8 Å². The maximum Gasteiger partial charge on any atom is 0.305 e. The number of carboxylic acids is 2. The first kappa shape index (κ1) is 16.0. The predicted molar refractivity (Wildman–Crippen MR) is 77.3 cm³/mol. The smallest absolute Gasteiger partial charge is 0.305 e. The molecule has 0 radical (unpaired) electrons. The Morgan fingerprint density at radius 2 is 1.50 bits per heavy atom. The molecule has 0 aromatic heterocycles. The number of nitrogens with zero attached hydrogens (tertiary/aromatic N) is 1. The number of carbonyl (C=O) groups is 2. The van der Waals surface area contributed by atoms with Crippen molar-refractivity contribution in [3.63, 3.8) is 0 Å². The lowest BCUT2D eigenvalue weighted by molar-refractivity contribution is -0.138. The van der Waals surface area contributed by atoms with E-state index in [1.165, 1.54) is 0 Å². The number of anilines is 1. The Kier molecular flexibility index (Phi) is 6.03. The topological polar surface area (TPSA) is 77.8 Å². The molecule has 0 amide bonds. The van der Waals surface area contributed by atoms with E-state index in [2.05, 4.69) is 6.07 Å². The largest absolute Gasteiger partial charge is 0.481 e. The minimum Gasteiger partial charge on any atom is -0.481 e. The molecule has 5 nitrogen and oxygen atoms in total. The number of carboxylic acid groups (broad SMARTS) is 2. The van der Waals surface area contributed by atoms with Crippen molar-refractivity contribution in [2.45, 2.75) is 33.1 Å². The molecule has 110 valence electrons. The maximum absolute atomic E-state index is 10.7. The van der Waals surface area contributed by atoms with Crippen LogP contribution in [0.25, 0.3) is 0 Å². The van der Waals surface area contributed by atoms with Crippen molar-refractivity contribution in [1.82, 2.24) is 0 Å². The van der Waals surface area contributed by atoms with Gasteiger partial charge < -0.3 is 15.1 Å². The first-order valence-corrected chi connectivity index (χ1v) is 6.65. The summed E-state index contributed by atoms with van der Waals surface area (Å²) in [4.78, 5) is 23.3. The summed E-state index contributed by atoms with van der Waals surface area (Å²) < 4.78 is 0. The van der Waals surface area contributed by atoms with Crippen LogP contribution >= 0.6 is 0 Å². The summed E-state index contributed by atoms with van der Waals surface area (Å²) in [5.41, 5.74) is 3.17. The van der Waals surface area contributed by atoms with Gasteiger partial charge in [0.15, 0.2) is 0 Å². The van der Waals surface area contributed by atoms with E-state index in [1.807, 2.05) is 30.9 Å². The fraction of sp³-hybridized carbons (Fsp3) is 0.467. The van der Waals surface area contributed by atoms with Crippen LogP contribution in [0, 0.1) is 13.8 Å². The zero-order valence-corrected chi connectivity index (χ0v) is 11.9. The quantitative estimate of drug-likeness (QED) is 0.764. The number of aryl methyl sites for hydroxylation is 2. The van der Waals surface area contributed by atoms with Gasteiger partial charge >= 0.3 is 11.9 Å². The van der Waals surface area contributed by atoms with Gasteiger partial charge in [-0.3, -0.25) is 9.59 Å². The van der Waals surface area contributed by atoms with Crippen LogP contribution < -0.4 is 4.90 Å². The summed E-state index contributed by atoms with van der Waals surface area (Å²) in [5, 5.41) is 17.5. The molecule has 0 spiro atoms. The zero-order chi connectivity index (χ0) is 15.1. The summed E-state index contributed by atoms with van der Waals surface area (Å²) >= 11 is 0. The van der Waals surface area contributed by atoms with Gasteiger partial charge in [0.05, 0.1) is 6.42 Å². The zero-order valence-electron chi connectivity index (χ0n) is 11.9. The van der Waals surface area contributed by atoms with Gasteiger partial charge in [-0.05, 0) is 43.5 Å². The summed E-state index contributed by atoms with van der Waals surface area (Å²) in [6.07, 6.45) is 0.635. The van der Waals surface area contributed by atoms with Gasteiger partial charge in [0.1, 0.15) is 0 Å². The third kappa shape index (κ3) is 5.73. The van der Waals surface area contributed by atoms with Crippen LogP contribution in [0.1, 0.15) is 30.4 Å². The lowest BCUT2D eigenvalue weighted by Gasteiger charge is -2.25. The molecule has 1 rings (SSSR count). The molecule has 5 heteroatoms. The maximum atomic E-state index is 10.7. The fourth-order valence-corrected chi connectivity index (χ4v) is 2.15. The number of aliphatic carboxylic acids is 2. The van der Waals surface area contributed by atoms with Gasteiger partial charge in [-0.15, -0.1) is 0 Å². The van der Waals surface area contributed by atoms with Gasteiger partial charge in [0.2, 0.25) is 0 Å². The van der Waals surface area contributed by atoms with E-state index in [-0.39, 0.29) is 12.8 Å². The molecular formula is C15H21NO4. The van der Waals surface area contributed by atoms with Crippen LogP contribution in [0.4, 0.5) is 5.69 Å². The lowest BCUT2D eigenvalue weighted by atomic mass is 10.1. The summed E-state index contributed by atoms with van der Waals surface area (Å²) in [5.74, 6) is -1.68. The number of hydrogen-bond donors (Lipinski definition) is 2. The molecule has 0 aliphatic rings. The first-order chi connectivity index (χ1) is 9.38. The number of rotatable bonds is 8. The Morgan fingerprint density at radius 3 is 2.00 bits per heavy atom. The molecule has 0 saturated heterocycles. The van der Waals surface area contributed by atoms with E-state index in [0.29, 0.717) is 19.5 Å². The lowest BCUT2D eigenvalue weighted by Crippen LogP contribution is -2.27. The van der Waals surface area contributed by atoms with E-state index >= 15 is 0 Å². The molecule has 0 saturated carbocycles. The molecule has 1 aromatic rings. The average Bonchev–Trinajstić information content (AvgIpc) is 2.31. The van der Waals surface area contributed by atoms with E-state index in [1.54, 1.807) is 0 Å². The standard InChI is InChI=1S/C15H21NO4/c1-11-8-12(2)10-13(9-11)16(7-5-15(19)20)6-3-4-14(17)18/h8-10H,3-7H2,1-2H3,(H,17,18)(H,19,20). The Bertz CT molecular complexity index is 465. The third-order valence-electron chi connectivity index (χ3n) is 2.99. The molecule has 20 heavy (non-hydrogen) atoms. The van der Waals surface area contributed by atoms with Crippen molar-refractivity contribution in [2.75, 3.05) is 18.0 Å². The highest BCUT2D eigenvalue weighted by Gasteiger charge is 2.10. The van der Waals surface area contributed by atoms with Crippen molar-refractivity contribution in [1.29, 1.82) is 0 Å². The fourth-order valence-electron chi connectivity index (χ4n) is 2.15. The van der Waals surface area contributed by atoms with E-state index in [0.717, 1.165) is 16.8 Å². The molecule has 1 aromatic carbocycles. The second-order valence-electron chi connectivity index (χ2n) is 4.97. The third-order valence-corrected chi connectivity index (χ3v) is 2.99. The van der Waals surface area contributed by atoms with Crippen LogP contribution in [0.15, 0.2) is 18.2 Å². The van der Waals surface area contributed by atoms with E-state index in [9.17, 15) is 9.59 Å². The Balaban J connectivity index is 2.78. The average molecular weight is 279 g/mol. The van der Waals surface area contributed by atoms with Crippen molar-refractivity contribution in [3.05, 3.63) is 29.3 Å². The molecular weight excluding hydrogens is 258 g/mol. The van der Waals surface area contributed by atoms with Crippen LogP contribution in [0.2, 0.25) is 0 Å². The molecule has 0 heterocycles. The van der Waals surface area contributed by atoms with Crippen molar-refractivity contribution >= 4 is 17.6 Å². The molecule has 0 aliphatic heterocycles. The normalized spacial score (nSPS) is 10.3. The molecule has 2 N–H and O–H groups in total. The second kappa shape index (κ2) is 7.53. The monoisotopic (exact) mass is 279 g/mol. The molecule has 0 unspecified atom stereocenters. The Morgan fingerprint density at radius 1 is 0.950 bits per heavy atom. The highest BCUT2D eigenvalue weighted by atomic mass is 16.4. The van der Waals surface area contributed by atoms with E-state index in [4.69, 9.17) is 10.2 Å². The first-order valence-electron chi connectivity index (χ1n) is 6.65. The van der Waals surface area contributed by atoms with E-state index < -0.39 is 11.9 Å². The number of hydrogen-bond acceptors (Lipinski definition) is 3. The van der Waals surface area contributed by atoms with Crippen LogP contribution in [-0.2, 0) is 9.59 Å². The Labute approximate surface area is 118 Å². The number of benzene rings is 1. The Hall–Kier alpha value is -2.04. The molecule has 0 aliphatic carbocycles. The van der Waals surface area contributed by atoms with Crippen molar-refractivity contribution in [2.24, 2.45) is 0 Å². The van der Waals surface area contributed by atoms with Gasteiger partial charge in [0, 0.05) is 25.2 Å². The van der Waals surface area contributed by atoms with Gasteiger partial charge in [-0.2, -0.15) is 0 Å². The molecule has 0 atom stereocenters. The minimum atomic E-state index is -0.849. The molecule has 0 bridgehead atoms. The molecule has 0 fully saturated rings. The van der Waals surface area contributed by atoms with Gasteiger partial charge in [-0.25, -0.2) is 0 Å². The van der Waals surface area contributed by atoms with Crippen molar-refractivity contribution in [3.8, 4) is 0 Å². The minimum absolute atomic E-state index is 0.0417. The summed E-state index contributed by atoms with van der Waals surface area (Å²) in [6, 6.07) is 6.04. The predicted octanol–water partition coefficient (Wildman–Crippen LogP) is 2.45. The van der Waals surface area contributed by atoms with Gasteiger partial charge in [0.25, 0.3) is 0 Å². The van der Waals surface area contributed by atoms with Crippen LogP contribution in [0.5, 0.6) is 0 Å². The SMILES string of the molecule is Cc1cc(C)cc(N(CCCC(=O)O)CCC(=O)O)c1. The van der Waals surface area contributed by atoms with Gasteiger partial charge in [-0.1, -0.05) is 6.07 Å². The highest BCUT2D eigenvalue weighted by molar-refractivity contribution is 5.68. The summed E-state index contributed by atoms with van der Waals surface area (Å²) in [7, 11) is 0.